The van der Waals surface area contributed by atoms with Crippen LogP contribution in [0.2, 0.25) is 0 Å². The number of unbranched alkanes of at least 4 members (excludes halogenated alkanes) is 1. The predicted octanol–water partition coefficient (Wildman–Crippen LogP) is 3.32. The molecule has 0 amide bonds. The lowest BCUT2D eigenvalue weighted by Gasteiger charge is -2.26. The van der Waals surface area contributed by atoms with E-state index in [0.29, 0.717) is 17.0 Å². The number of aromatic nitrogens is 4. The van der Waals surface area contributed by atoms with Gasteiger partial charge in [-0.15, -0.1) is 12.4 Å². The second kappa shape index (κ2) is 14.4. The van der Waals surface area contributed by atoms with Crippen molar-refractivity contribution in [1.82, 2.24) is 24.8 Å². The van der Waals surface area contributed by atoms with E-state index in [1.807, 2.05) is 24.3 Å². The third-order valence-electron chi connectivity index (χ3n) is 4.83. The monoisotopic (exact) mass is 464 g/mol. The summed E-state index contributed by atoms with van der Waals surface area (Å²) in [6, 6.07) is 7.92. The molecule has 0 aliphatic carbocycles. The van der Waals surface area contributed by atoms with Crippen LogP contribution in [0.15, 0.2) is 36.9 Å². The Bertz CT molecular complexity index is 887. The molecule has 2 aromatic heterocycles. The van der Waals surface area contributed by atoms with Crippen molar-refractivity contribution in [2.24, 2.45) is 0 Å². The molecule has 1 aliphatic rings. The van der Waals surface area contributed by atoms with Crippen molar-refractivity contribution < 1.29 is 14.2 Å². The van der Waals surface area contributed by atoms with Gasteiger partial charge in [0.05, 0.1) is 32.8 Å². The normalized spacial score (nSPS) is 13.7. The number of hydrogen-bond donors (Lipinski definition) is 2. The zero-order chi connectivity index (χ0) is 21.7. The fourth-order valence-electron chi connectivity index (χ4n) is 3.05. The average Bonchev–Trinajstić information content (AvgIpc) is 3.30. The van der Waals surface area contributed by atoms with Crippen LogP contribution in [-0.2, 0) is 4.74 Å². The quantitative estimate of drug-likeness (QED) is 0.464. The predicted molar refractivity (Wildman–Crippen MR) is 128 cm³/mol. The number of benzene rings is 1. The molecule has 176 valence electrons. The molecule has 10 heteroatoms. The van der Waals surface area contributed by atoms with E-state index in [2.05, 4.69) is 31.8 Å². The molecule has 1 aliphatic heterocycles. The lowest BCUT2D eigenvalue weighted by molar-refractivity contribution is 0.0358. The number of nitrogens with zero attached hydrogens (tertiary/aromatic N) is 4. The zero-order valence-electron chi connectivity index (χ0n) is 18.5. The maximum Gasteiger partial charge on any atom is 0.182 e. The van der Waals surface area contributed by atoms with Crippen LogP contribution in [0.4, 0.5) is 5.82 Å². The number of nitrogens with two attached hydrogens (primary N) is 1. The SMILES string of the molecule is CCCCOc1ccc(OCCCN2CCOCC2)cc1.Cl.Nc1ncnc2nc[nH]c12. The van der Waals surface area contributed by atoms with Gasteiger partial charge in [0.2, 0.25) is 0 Å². The molecule has 0 radical (unpaired) electrons. The average molecular weight is 465 g/mol. The first-order chi connectivity index (χ1) is 15.3. The minimum absolute atomic E-state index is 0. The van der Waals surface area contributed by atoms with Crippen LogP contribution >= 0.6 is 12.4 Å². The Labute approximate surface area is 195 Å². The molecule has 1 saturated heterocycles. The first-order valence-electron chi connectivity index (χ1n) is 10.8. The highest BCUT2D eigenvalue weighted by molar-refractivity contribution is 5.85. The van der Waals surface area contributed by atoms with Gasteiger partial charge in [0, 0.05) is 19.6 Å². The highest BCUT2D eigenvalue weighted by Gasteiger charge is 2.09. The van der Waals surface area contributed by atoms with Gasteiger partial charge in [-0.25, -0.2) is 15.0 Å². The minimum atomic E-state index is 0. The lowest BCUT2D eigenvalue weighted by atomic mass is 10.3. The molecular weight excluding hydrogens is 432 g/mol. The topological polar surface area (TPSA) is 111 Å². The highest BCUT2D eigenvalue weighted by atomic mass is 35.5. The van der Waals surface area contributed by atoms with Crippen LogP contribution in [0.1, 0.15) is 26.2 Å². The van der Waals surface area contributed by atoms with Gasteiger partial charge >= 0.3 is 0 Å². The molecule has 0 spiro atoms. The van der Waals surface area contributed by atoms with Crippen LogP contribution in [-0.4, -0.2) is 70.9 Å². The van der Waals surface area contributed by atoms with Crippen molar-refractivity contribution in [1.29, 1.82) is 0 Å². The van der Waals surface area contributed by atoms with Gasteiger partial charge in [-0.1, -0.05) is 13.3 Å². The Hall–Kier alpha value is -2.62. The van der Waals surface area contributed by atoms with Gasteiger partial charge in [0.25, 0.3) is 0 Å². The molecule has 0 saturated carbocycles. The molecule has 1 fully saturated rings. The summed E-state index contributed by atoms with van der Waals surface area (Å²) in [6.07, 6.45) is 6.23. The number of nitrogens with one attached hydrogen (secondary N) is 1. The van der Waals surface area contributed by atoms with Crippen LogP contribution in [0.5, 0.6) is 11.5 Å². The largest absolute Gasteiger partial charge is 0.494 e. The standard InChI is InChI=1S/C17H27NO3.C5H5N5.ClH/c1-2-3-12-20-16-5-7-17(8-6-16)21-13-4-9-18-10-14-19-15-11-18;6-4-3-5(9-1-7-3)10-2-8-4;/h5-8H,2-4,9-15H2,1H3;1-2H,(H3,6,7,8,9,10);1H. The molecule has 4 rings (SSSR count). The Morgan fingerprint density at radius 3 is 2.28 bits per heavy atom. The molecule has 0 atom stereocenters. The van der Waals surface area contributed by atoms with Crippen LogP contribution < -0.4 is 15.2 Å². The van der Waals surface area contributed by atoms with Gasteiger partial charge in [0.15, 0.2) is 11.5 Å². The third-order valence-corrected chi connectivity index (χ3v) is 4.83. The maximum atomic E-state index is 5.76. The van der Waals surface area contributed by atoms with Gasteiger partial charge in [-0.2, -0.15) is 0 Å². The first kappa shape index (κ1) is 25.6. The van der Waals surface area contributed by atoms with E-state index < -0.39 is 0 Å². The second-order valence-corrected chi connectivity index (χ2v) is 7.19. The third kappa shape index (κ3) is 8.49. The van der Waals surface area contributed by atoms with E-state index in [1.54, 1.807) is 0 Å². The summed E-state index contributed by atoms with van der Waals surface area (Å²) in [4.78, 5) is 16.8. The van der Waals surface area contributed by atoms with E-state index in [1.165, 1.54) is 12.7 Å². The molecule has 32 heavy (non-hydrogen) atoms. The number of fused-ring (bicyclic) bond motifs is 1. The summed E-state index contributed by atoms with van der Waals surface area (Å²) in [6.45, 7) is 8.61. The van der Waals surface area contributed by atoms with Crippen LogP contribution in [0.3, 0.4) is 0 Å². The summed E-state index contributed by atoms with van der Waals surface area (Å²) in [5.41, 5.74) is 6.78. The molecule has 0 unspecified atom stereocenters. The molecular formula is C22H33ClN6O3. The summed E-state index contributed by atoms with van der Waals surface area (Å²) < 4.78 is 16.7. The Morgan fingerprint density at radius 1 is 1.00 bits per heavy atom. The molecule has 0 bridgehead atoms. The number of halogens is 1. The lowest BCUT2D eigenvalue weighted by Crippen LogP contribution is -2.37. The van der Waals surface area contributed by atoms with E-state index in [0.717, 1.165) is 76.8 Å². The van der Waals surface area contributed by atoms with Gasteiger partial charge < -0.3 is 24.9 Å². The second-order valence-electron chi connectivity index (χ2n) is 7.19. The molecule has 3 heterocycles. The highest BCUT2D eigenvalue weighted by Crippen LogP contribution is 2.18. The van der Waals surface area contributed by atoms with Crippen molar-refractivity contribution in [3.63, 3.8) is 0 Å². The van der Waals surface area contributed by atoms with Crippen molar-refractivity contribution in [3.8, 4) is 11.5 Å². The summed E-state index contributed by atoms with van der Waals surface area (Å²) in [5.74, 6) is 2.27. The Balaban J connectivity index is 0.000000275. The van der Waals surface area contributed by atoms with Crippen molar-refractivity contribution in [3.05, 3.63) is 36.9 Å². The number of nitrogen functional groups attached to an aromatic ring is 1. The number of hydrogen-bond acceptors (Lipinski definition) is 8. The smallest absolute Gasteiger partial charge is 0.182 e. The van der Waals surface area contributed by atoms with E-state index in [4.69, 9.17) is 19.9 Å². The van der Waals surface area contributed by atoms with Crippen LogP contribution in [0.25, 0.3) is 11.2 Å². The van der Waals surface area contributed by atoms with Crippen molar-refractivity contribution >= 4 is 29.4 Å². The summed E-state index contributed by atoms with van der Waals surface area (Å²) in [5, 5.41) is 0. The van der Waals surface area contributed by atoms with E-state index in [-0.39, 0.29) is 12.4 Å². The first-order valence-corrected chi connectivity index (χ1v) is 10.8. The van der Waals surface area contributed by atoms with Gasteiger partial charge in [-0.05, 0) is 37.1 Å². The number of H-pyrrole nitrogens is 1. The maximum absolute atomic E-state index is 5.76. The minimum Gasteiger partial charge on any atom is -0.494 e. The fraction of sp³-hybridized carbons (Fsp3) is 0.500. The number of morpholine rings is 1. The zero-order valence-corrected chi connectivity index (χ0v) is 19.4. The number of anilines is 1. The number of ether oxygens (including phenoxy) is 3. The van der Waals surface area contributed by atoms with Gasteiger partial charge in [-0.3, -0.25) is 4.90 Å². The Kier molecular flexibility index (Phi) is 11.6. The van der Waals surface area contributed by atoms with E-state index in [9.17, 15) is 0 Å². The fourth-order valence-corrected chi connectivity index (χ4v) is 3.05. The van der Waals surface area contributed by atoms with Gasteiger partial charge in [0.1, 0.15) is 23.3 Å². The molecule has 3 aromatic rings. The van der Waals surface area contributed by atoms with E-state index >= 15 is 0 Å². The molecule has 9 nitrogen and oxygen atoms in total. The Morgan fingerprint density at radius 2 is 1.66 bits per heavy atom. The molecule has 3 N–H and O–H groups in total. The van der Waals surface area contributed by atoms with Crippen molar-refractivity contribution in [2.75, 3.05) is 51.8 Å². The van der Waals surface area contributed by atoms with Crippen LogP contribution in [0, 0.1) is 0 Å². The number of rotatable bonds is 9. The summed E-state index contributed by atoms with van der Waals surface area (Å²) >= 11 is 0. The number of aromatic amines is 1. The summed E-state index contributed by atoms with van der Waals surface area (Å²) in [7, 11) is 0. The van der Waals surface area contributed by atoms with Crippen molar-refractivity contribution in [2.45, 2.75) is 26.2 Å². The number of imidazole rings is 1. The molecule has 1 aromatic carbocycles.